The van der Waals surface area contributed by atoms with Crippen molar-refractivity contribution in [2.24, 2.45) is 0 Å². The molecule has 0 saturated carbocycles. The van der Waals surface area contributed by atoms with Gasteiger partial charge in [-0.3, -0.25) is 14.8 Å². The van der Waals surface area contributed by atoms with E-state index in [0.29, 0.717) is 17.8 Å². The minimum absolute atomic E-state index is 0.0470. The summed E-state index contributed by atoms with van der Waals surface area (Å²) in [5, 5.41) is 0. The zero-order valence-electron chi connectivity index (χ0n) is 11.2. The number of ketones is 1. The Labute approximate surface area is 121 Å². The van der Waals surface area contributed by atoms with Gasteiger partial charge in [-0.15, -0.1) is 0 Å². The molecule has 0 fully saturated rings. The molecule has 1 aliphatic carbocycles. The molecule has 4 rings (SSSR count). The van der Waals surface area contributed by atoms with E-state index in [0.717, 1.165) is 11.0 Å². The van der Waals surface area contributed by atoms with Crippen LogP contribution < -0.4 is 0 Å². The number of para-hydroxylation sites is 2. The average molecular weight is 276 g/mol. The van der Waals surface area contributed by atoms with Crippen LogP contribution in [0.5, 0.6) is 0 Å². The Morgan fingerprint density at radius 1 is 0.857 bits per heavy atom. The summed E-state index contributed by atoms with van der Waals surface area (Å²) in [5.41, 5.74) is 2.79. The van der Waals surface area contributed by atoms with Crippen LogP contribution in [0.3, 0.4) is 0 Å². The van der Waals surface area contributed by atoms with Crippen LogP contribution in [-0.2, 0) is 0 Å². The Hall–Kier alpha value is -2.95. The maximum atomic E-state index is 11.6. The Morgan fingerprint density at radius 3 is 2.10 bits per heavy atom. The molecule has 0 saturated heterocycles. The Bertz CT molecular complexity index is 773. The standard InChI is InChI=1S/C12H8N2O.C4H4N2/c15-11-7-3-6-10-12(11)14-9-5-2-1-4-8(9)13-10;1-2-6-4-3-5-1/h1-6H,7H2;1-4H. The molecule has 0 atom stereocenters. The van der Waals surface area contributed by atoms with E-state index >= 15 is 0 Å². The van der Waals surface area contributed by atoms with Gasteiger partial charge in [-0.2, -0.15) is 0 Å². The van der Waals surface area contributed by atoms with E-state index in [4.69, 9.17) is 0 Å². The first kappa shape index (κ1) is 13.1. The molecule has 1 aliphatic rings. The zero-order chi connectivity index (χ0) is 14.5. The number of carbonyl (C=O) groups excluding carboxylic acids is 1. The van der Waals surface area contributed by atoms with Crippen molar-refractivity contribution in [3.05, 3.63) is 66.5 Å². The first-order valence-electron chi connectivity index (χ1n) is 6.51. The first-order chi connectivity index (χ1) is 10.3. The number of rotatable bonds is 0. The van der Waals surface area contributed by atoms with Crippen LogP contribution in [0, 0.1) is 0 Å². The van der Waals surface area contributed by atoms with E-state index in [1.165, 1.54) is 0 Å². The summed E-state index contributed by atoms with van der Waals surface area (Å²) in [4.78, 5) is 27.7. The number of hydrogen-bond donors (Lipinski definition) is 0. The number of aromatic nitrogens is 4. The predicted octanol–water partition coefficient (Wildman–Crippen LogP) is 2.71. The second-order valence-electron chi connectivity index (χ2n) is 4.37. The molecule has 2 heterocycles. The molecule has 0 N–H and O–H groups in total. The van der Waals surface area contributed by atoms with E-state index < -0.39 is 0 Å². The van der Waals surface area contributed by atoms with Crippen LogP contribution in [0.1, 0.15) is 22.6 Å². The molecule has 2 aromatic heterocycles. The van der Waals surface area contributed by atoms with Crippen molar-refractivity contribution >= 4 is 22.9 Å². The summed E-state index contributed by atoms with van der Waals surface area (Å²) >= 11 is 0. The minimum atomic E-state index is 0.0470. The molecule has 0 unspecified atom stereocenters. The normalized spacial score (nSPS) is 12.5. The van der Waals surface area contributed by atoms with Crippen molar-refractivity contribution in [2.75, 3.05) is 0 Å². The van der Waals surface area contributed by atoms with E-state index in [1.807, 2.05) is 36.4 Å². The Kier molecular flexibility index (Phi) is 3.73. The fourth-order valence-electron chi connectivity index (χ4n) is 1.96. The molecule has 5 nitrogen and oxygen atoms in total. The second kappa shape index (κ2) is 6.00. The number of fused-ring (bicyclic) bond motifs is 2. The molecule has 21 heavy (non-hydrogen) atoms. The van der Waals surface area contributed by atoms with Crippen molar-refractivity contribution in [1.82, 2.24) is 19.9 Å². The van der Waals surface area contributed by atoms with Gasteiger partial charge in [0.05, 0.1) is 16.7 Å². The highest BCUT2D eigenvalue weighted by molar-refractivity contribution is 6.01. The molecule has 0 bridgehead atoms. The monoisotopic (exact) mass is 276 g/mol. The third-order valence-electron chi connectivity index (χ3n) is 2.92. The highest BCUT2D eigenvalue weighted by Gasteiger charge is 2.16. The van der Waals surface area contributed by atoms with E-state index in [9.17, 15) is 4.79 Å². The second-order valence-corrected chi connectivity index (χ2v) is 4.37. The van der Waals surface area contributed by atoms with Crippen molar-refractivity contribution in [3.8, 4) is 0 Å². The third-order valence-corrected chi connectivity index (χ3v) is 2.92. The number of hydrogen-bond acceptors (Lipinski definition) is 5. The molecule has 0 aliphatic heterocycles. The molecule has 0 spiro atoms. The van der Waals surface area contributed by atoms with Gasteiger partial charge in [0.2, 0.25) is 0 Å². The van der Waals surface area contributed by atoms with Crippen LogP contribution >= 0.6 is 0 Å². The summed E-state index contributed by atoms with van der Waals surface area (Å²) in [6.45, 7) is 0. The lowest BCUT2D eigenvalue weighted by Gasteiger charge is -2.08. The van der Waals surface area contributed by atoms with E-state index in [2.05, 4.69) is 19.9 Å². The van der Waals surface area contributed by atoms with Gasteiger partial charge in [0.15, 0.2) is 5.78 Å². The van der Waals surface area contributed by atoms with Crippen LogP contribution in [0.2, 0.25) is 0 Å². The summed E-state index contributed by atoms with van der Waals surface area (Å²) in [7, 11) is 0. The van der Waals surface area contributed by atoms with Gasteiger partial charge in [-0.25, -0.2) is 9.97 Å². The number of allylic oxidation sites excluding steroid dienone is 1. The highest BCUT2D eigenvalue weighted by Crippen LogP contribution is 2.18. The Morgan fingerprint density at radius 2 is 1.48 bits per heavy atom. The van der Waals surface area contributed by atoms with Gasteiger partial charge in [0.25, 0.3) is 0 Å². The van der Waals surface area contributed by atoms with Crippen LogP contribution in [0.25, 0.3) is 17.1 Å². The van der Waals surface area contributed by atoms with Crippen LogP contribution in [0.15, 0.2) is 55.1 Å². The fraction of sp³-hybridized carbons (Fsp3) is 0.0625. The van der Waals surface area contributed by atoms with Crippen LogP contribution in [-0.4, -0.2) is 25.7 Å². The molecule has 102 valence electrons. The van der Waals surface area contributed by atoms with Gasteiger partial charge in [-0.1, -0.05) is 18.2 Å². The number of nitrogens with zero attached hydrogens (tertiary/aromatic N) is 4. The van der Waals surface area contributed by atoms with Crippen molar-refractivity contribution in [2.45, 2.75) is 6.42 Å². The fourth-order valence-corrected chi connectivity index (χ4v) is 1.96. The van der Waals surface area contributed by atoms with Gasteiger partial charge in [0.1, 0.15) is 5.69 Å². The quantitative estimate of drug-likeness (QED) is 0.631. The molecule has 0 amide bonds. The number of carbonyl (C=O) groups is 1. The maximum absolute atomic E-state index is 11.6. The molecule has 3 aromatic rings. The topological polar surface area (TPSA) is 68.6 Å². The van der Waals surface area contributed by atoms with Gasteiger partial charge in [-0.05, 0) is 18.2 Å². The molecular formula is C16H12N4O. The van der Waals surface area contributed by atoms with E-state index in [1.54, 1.807) is 24.8 Å². The molecular weight excluding hydrogens is 264 g/mol. The summed E-state index contributed by atoms with van der Waals surface area (Å²) in [6, 6.07) is 7.58. The molecule has 1 aromatic carbocycles. The average Bonchev–Trinajstić information content (AvgIpc) is 2.56. The van der Waals surface area contributed by atoms with Crippen molar-refractivity contribution in [1.29, 1.82) is 0 Å². The lowest BCUT2D eigenvalue weighted by atomic mass is 10.1. The lowest BCUT2D eigenvalue weighted by Crippen LogP contribution is -2.09. The smallest absolute Gasteiger partial charge is 0.187 e. The minimum Gasteiger partial charge on any atom is -0.292 e. The van der Waals surface area contributed by atoms with E-state index in [-0.39, 0.29) is 5.78 Å². The highest BCUT2D eigenvalue weighted by atomic mass is 16.1. The lowest BCUT2D eigenvalue weighted by molar-refractivity contribution is 0.0989. The van der Waals surface area contributed by atoms with Gasteiger partial charge in [0, 0.05) is 31.2 Å². The molecule has 5 heteroatoms. The predicted molar refractivity (Wildman–Crippen MR) is 79.6 cm³/mol. The van der Waals surface area contributed by atoms with Crippen LogP contribution in [0.4, 0.5) is 0 Å². The first-order valence-corrected chi connectivity index (χ1v) is 6.51. The maximum Gasteiger partial charge on any atom is 0.187 e. The zero-order valence-corrected chi connectivity index (χ0v) is 11.2. The number of benzene rings is 1. The number of Topliss-reactive ketones (excluding diaryl/α,β-unsaturated/α-hetero) is 1. The van der Waals surface area contributed by atoms with Crippen molar-refractivity contribution < 1.29 is 4.79 Å². The van der Waals surface area contributed by atoms with Crippen molar-refractivity contribution in [3.63, 3.8) is 0 Å². The summed E-state index contributed by atoms with van der Waals surface area (Å²) in [6.07, 6.45) is 10.7. The van der Waals surface area contributed by atoms with Gasteiger partial charge >= 0.3 is 0 Å². The third kappa shape index (κ3) is 2.97. The van der Waals surface area contributed by atoms with Gasteiger partial charge < -0.3 is 0 Å². The Balaban J connectivity index is 0.000000186. The largest absolute Gasteiger partial charge is 0.292 e. The summed E-state index contributed by atoms with van der Waals surface area (Å²) in [5.74, 6) is 0.0470. The SMILES string of the molecule is O=C1CC=Cc2nc3ccccc3nc21.c1cnccn1. The summed E-state index contributed by atoms with van der Waals surface area (Å²) < 4.78 is 0. The molecule has 0 radical (unpaired) electrons.